The average molecular weight is 420 g/mol. The zero-order chi connectivity index (χ0) is 21.6. The Morgan fingerprint density at radius 1 is 1.37 bits per heavy atom. The Morgan fingerprint density at radius 2 is 2.20 bits per heavy atom. The van der Waals surface area contributed by atoms with Crippen molar-refractivity contribution in [2.24, 2.45) is 17.3 Å². The van der Waals surface area contributed by atoms with Crippen LogP contribution in [0.2, 0.25) is 0 Å². The molecular weight excluding hydrogens is 382 g/mol. The van der Waals surface area contributed by atoms with Gasteiger partial charge in [0.15, 0.2) is 0 Å². The summed E-state index contributed by atoms with van der Waals surface area (Å²) in [6, 6.07) is 4.01. The van der Waals surface area contributed by atoms with Crippen LogP contribution in [0.15, 0.2) is 18.3 Å². The van der Waals surface area contributed by atoms with Gasteiger partial charge in [-0.15, -0.1) is 0 Å². The van der Waals surface area contributed by atoms with E-state index in [0.29, 0.717) is 37.4 Å². The second kappa shape index (κ2) is 10.6. The zero-order valence-corrected chi connectivity index (χ0v) is 18.6. The van der Waals surface area contributed by atoms with Crippen LogP contribution in [0.4, 0.5) is 0 Å². The Kier molecular flexibility index (Phi) is 8.08. The number of rotatable bonds is 3. The molecule has 1 unspecified atom stereocenters. The van der Waals surface area contributed by atoms with Crippen molar-refractivity contribution in [3.63, 3.8) is 0 Å². The molecule has 1 aromatic heterocycles. The van der Waals surface area contributed by atoms with Gasteiger partial charge in [0.05, 0.1) is 19.8 Å². The number of methoxy groups -OCH3 is 1. The van der Waals surface area contributed by atoms with Gasteiger partial charge in [0.2, 0.25) is 11.8 Å². The topological polar surface area (TPSA) is 83.9 Å². The molecule has 3 rings (SSSR count). The number of β-amino-alcohol motifs (C(OH)–C–C–N with tert-alkyl or cyclic N) is 1. The van der Waals surface area contributed by atoms with E-state index in [1.807, 2.05) is 19.9 Å². The number of pyridine rings is 1. The predicted octanol–water partition coefficient (Wildman–Crippen LogP) is 2.23. The highest BCUT2D eigenvalue weighted by Crippen LogP contribution is 2.32. The predicted molar refractivity (Wildman–Crippen MR) is 115 cm³/mol. The van der Waals surface area contributed by atoms with Crippen LogP contribution in [-0.2, 0) is 16.1 Å². The molecule has 2 aliphatic rings. The molecule has 2 saturated heterocycles. The maximum atomic E-state index is 12.6. The molecule has 2 N–H and O–H groups in total. The Labute approximate surface area is 180 Å². The largest absolute Gasteiger partial charge is 0.481 e. The molecule has 1 aromatic rings. The quantitative estimate of drug-likeness (QED) is 0.782. The Balaban J connectivity index is 1.64. The van der Waals surface area contributed by atoms with Crippen LogP contribution in [0, 0.1) is 17.3 Å². The minimum absolute atomic E-state index is 0.0439. The van der Waals surface area contributed by atoms with Crippen molar-refractivity contribution in [3.05, 3.63) is 23.9 Å². The molecule has 7 heteroatoms. The molecule has 2 fully saturated rings. The Hall–Kier alpha value is -1.70. The van der Waals surface area contributed by atoms with E-state index in [1.165, 1.54) is 0 Å². The first-order valence-electron chi connectivity index (χ1n) is 11.1. The number of piperidine rings is 1. The first-order chi connectivity index (χ1) is 14.4. The van der Waals surface area contributed by atoms with E-state index in [4.69, 9.17) is 9.47 Å². The molecule has 2 aliphatic heterocycles. The molecule has 0 aromatic carbocycles. The molecule has 168 valence electrons. The molecule has 0 radical (unpaired) electrons. The van der Waals surface area contributed by atoms with E-state index in [1.54, 1.807) is 13.3 Å². The summed E-state index contributed by atoms with van der Waals surface area (Å²) in [4.78, 5) is 19.3. The fraction of sp³-hybridized carbons (Fsp3) is 0.739. The van der Waals surface area contributed by atoms with Crippen molar-refractivity contribution in [1.82, 2.24) is 15.2 Å². The number of aromatic nitrogens is 1. The number of fused-ring (bicyclic) bond motifs is 1. The lowest BCUT2D eigenvalue weighted by Crippen LogP contribution is -2.44. The number of aliphatic hydroxyl groups excluding tert-OH is 1. The van der Waals surface area contributed by atoms with Gasteiger partial charge in [-0.2, -0.15) is 0 Å². The van der Waals surface area contributed by atoms with Gasteiger partial charge in [0, 0.05) is 49.8 Å². The van der Waals surface area contributed by atoms with Crippen LogP contribution < -0.4 is 10.1 Å². The van der Waals surface area contributed by atoms with Crippen LogP contribution in [-0.4, -0.2) is 67.0 Å². The number of carbonyl (C=O) groups excluding carboxylic acids is 1. The molecule has 0 bridgehead atoms. The molecule has 1 amide bonds. The lowest BCUT2D eigenvalue weighted by molar-refractivity contribution is -0.124. The molecule has 30 heavy (non-hydrogen) atoms. The number of carbonyl (C=O) groups is 1. The first kappa shape index (κ1) is 23.0. The number of nitrogens with one attached hydrogen (secondary N) is 1. The van der Waals surface area contributed by atoms with E-state index in [2.05, 4.69) is 21.3 Å². The number of hydrogen-bond donors (Lipinski definition) is 2. The molecule has 0 saturated carbocycles. The van der Waals surface area contributed by atoms with Gasteiger partial charge in [-0.1, -0.05) is 19.9 Å². The number of aliphatic hydroxyl groups is 1. The van der Waals surface area contributed by atoms with Gasteiger partial charge in [-0.05, 0) is 43.7 Å². The van der Waals surface area contributed by atoms with Gasteiger partial charge in [-0.3, -0.25) is 9.69 Å². The standard InChI is InChI=1S/C23H37N3O4/c1-23(2)16-30-11-5-7-18-14-26(15-19-6-4-9-24-22(19)29-3)10-8-17(18)12-21(28)25-13-20(23)27/h4,6,9,17-18,20,27H,5,7-8,10-16H2,1-3H3,(H,25,28)/t17-,18-,20?/m0/s1. The molecule has 0 aliphatic carbocycles. The number of ether oxygens (including phenoxy) is 2. The average Bonchev–Trinajstić information content (AvgIpc) is 2.73. The van der Waals surface area contributed by atoms with Crippen LogP contribution >= 0.6 is 0 Å². The highest BCUT2D eigenvalue weighted by atomic mass is 16.5. The van der Waals surface area contributed by atoms with Crippen LogP contribution in [0.3, 0.4) is 0 Å². The lowest BCUT2D eigenvalue weighted by Gasteiger charge is -2.38. The molecule has 0 spiro atoms. The van der Waals surface area contributed by atoms with Crippen LogP contribution in [0.25, 0.3) is 0 Å². The summed E-state index contributed by atoms with van der Waals surface area (Å²) in [5, 5.41) is 13.4. The molecular formula is C23H37N3O4. The summed E-state index contributed by atoms with van der Waals surface area (Å²) in [6.45, 7) is 8.15. The second-order valence-electron chi connectivity index (χ2n) is 9.42. The summed E-state index contributed by atoms with van der Waals surface area (Å²) >= 11 is 0. The summed E-state index contributed by atoms with van der Waals surface area (Å²) in [7, 11) is 1.66. The summed E-state index contributed by atoms with van der Waals surface area (Å²) < 4.78 is 11.3. The van der Waals surface area contributed by atoms with Crippen molar-refractivity contribution < 1.29 is 19.4 Å². The fourth-order valence-electron chi connectivity index (χ4n) is 4.54. The van der Waals surface area contributed by atoms with Gasteiger partial charge >= 0.3 is 0 Å². The first-order valence-corrected chi connectivity index (χ1v) is 11.1. The van der Waals surface area contributed by atoms with Gasteiger partial charge in [0.1, 0.15) is 0 Å². The number of amides is 1. The van der Waals surface area contributed by atoms with E-state index < -0.39 is 6.10 Å². The molecule has 7 nitrogen and oxygen atoms in total. The van der Waals surface area contributed by atoms with Gasteiger partial charge in [-0.25, -0.2) is 4.98 Å². The van der Waals surface area contributed by atoms with Crippen molar-refractivity contribution in [3.8, 4) is 5.88 Å². The summed E-state index contributed by atoms with van der Waals surface area (Å²) in [6.07, 6.45) is 4.68. The van der Waals surface area contributed by atoms with E-state index in [0.717, 1.165) is 44.5 Å². The third kappa shape index (κ3) is 6.15. The summed E-state index contributed by atoms with van der Waals surface area (Å²) in [5.74, 6) is 1.54. The van der Waals surface area contributed by atoms with Gasteiger partial charge in [0.25, 0.3) is 0 Å². The smallest absolute Gasteiger partial charge is 0.220 e. The van der Waals surface area contributed by atoms with Crippen molar-refractivity contribution >= 4 is 5.91 Å². The van der Waals surface area contributed by atoms with Gasteiger partial charge < -0.3 is 19.9 Å². The highest BCUT2D eigenvalue weighted by molar-refractivity contribution is 5.76. The zero-order valence-electron chi connectivity index (χ0n) is 18.6. The normalized spacial score (nSPS) is 28.9. The number of hydrogen-bond acceptors (Lipinski definition) is 6. The highest BCUT2D eigenvalue weighted by Gasteiger charge is 2.33. The molecule has 3 heterocycles. The lowest BCUT2D eigenvalue weighted by atomic mass is 9.80. The van der Waals surface area contributed by atoms with Crippen LogP contribution in [0.1, 0.15) is 45.1 Å². The SMILES string of the molecule is COc1ncccc1CN1CC[C@H]2CC(=O)NCC(O)C(C)(C)COCCC[C@H]2C1. The Morgan fingerprint density at radius 3 is 3.00 bits per heavy atom. The van der Waals surface area contributed by atoms with Crippen molar-refractivity contribution in [1.29, 1.82) is 0 Å². The number of nitrogens with zero attached hydrogens (tertiary/aromatic N) is 2. The Bertz CT molecular complexity index is 697. The minimum Gasteiger partial charge on any atom is -0.481 e. The van der Waals surface area contributed by atoms with Crippen LogP contribution in [0.5, 0.6) is 5.88 Å². The maximum Gasteiger partial charge on any atom is 0.220 e. The second-order valence-corrected chi connectivity index (χ2v) is 9.42. The number of likely N-dealkylation sites (tertiary alicyclic amines) is 1. The fourth-order valence-corrected chi connectivity index (χ4v) is 4.54. The maximum absolute atomic E-state index is 12.6. The third-order valence-electron chi connectivity index (χ3n) is 6.59. The van der Waals surface area contributed by atoms with Crippen molar-refractivity contribution in [2.75, 3.05) is 40.0 Å². The monoisotopic (exact) mass is 419 g/mol. The minimum atomic E-state index is -0.616. The molecule has 3 atom stereocenters. The van der Waals surface area contributed by atoms with E-state index >= 15 is 0 Å². The third-order valence-corrected chi connectivity index (χ3v) is 6.59. The van der Waals surface area contributed by atoms with E-state index in [9.17, 15) is 9.90 Å². The summed E-state index contributed by atoms with van der Waals surface area (Å²) in [5.41, 5.74) is 0.716. The van der Waals surface area contributed by atoms with Crippen molar-refractivity contribution in [2.45, 2.75) is 52.2 Å². The van der Waals surface area contributed by atoms with E-state index in [-0.39, 0.29) is 17.9 Å².